The Hall–Kier alpha value is -4.17. The summed E-state index contributed by atoms with van der Waals surface area (Å²) in [7, 11) is 3.42. The van der Waals surface area contributed by atoms with Crippen LogP contribution in [0.3, 0.4) is 0 Å². The third kappa shape index (κ3) is 4.65. The van der Waals surface area contributed by atoms with E-state index in [-0.39, 0.29) is 46.9 Å². The van der Waals surface area contributed by atoms with Crippen LogP contribution in [0.25, 0.3) is 0 Å². The van der Waals surface area contributed by atoms with Gasteiger partial charge in [0.15, 0.2) is 5.78 Å². The van der Waals surface area contributed by atoms with Crippen LogP contribution in [0.15, 0.2) is 53.7 Å². The number of hydrogen-bond acceptors (Lipinski definition) is 5. The van der Waals surface area contributed by atoms with Gasteiger partial charge < -0.3 is 14.7 Å². The molecule has 2 aromatic carbocycles. The first-order valence-electron chi connectivity index (χ1n) is 12.5. The molecule has 0 bridgehead atoms. The molecule has 3 aliphatic rings. The van der Waals surface area contributed by atoms with Gasteiger partial charge in [0, 0.05) is 56.5 Å². The standard InChI is InChI=1S/C28H26F3N5O3/c1-33-10-12-35(13-11-33)26(38)21-14-17(16-32)6-7-20(21)25-24-22(8-9-23(24)37)36(27(39)34(25)2)19-5-3-4-18(15-19)28(29,30)31/h3-7,14-15,25H,8-13H2,1-2H3/t25-/m1/s1. The van der Waals surface area contributed by atoms with E-state index in [0.717, 1.165) is 17.0 Å². The van der Waals surface area contributed by atoms with Crippen molar-refractivity contribution in [2.24, 2.45) is 0 Å². The molecule has 0 saturated carbocycles. The summed E-state index contributed by atoms with van der Waals surface area (Å²) in [5.74, 6) is -0.544. The number of ketones is 1. The molecule has 1 atom stereocenters. The molecule has 1 aliphatic carbocycles. The second-order valence-electron chi connectivity index (χ2n) is 9.97. The number of benzene rings is 2. The average molecular weight is 538 g/mol. The summed E-state index contributed by atoms with van der Waals surface area (Å²) >= 11 is 0. The van der Waals surface area contributed by atoms with Crippen LogP contribution < -0.4 is 4.90 Å². The number of alkyl halides is 3. The summed E-state index contributed by atoms with van der Waals surface area (Å²) in [5, 5.41) is 9.52. The first kappa shape index (κ1) is 26.4. The minimum Gasteiger partial charge on any atom is -0.336 e. The lowest BCUT2D eigenvalue weighted by Gasteiger charge is -2.41. The number of likely N-dealkylation sites (N-methyl/N-ethyl adjacent to an activating group) is 2. The Morgan fingerprint density at radius 1 is 1.00 bits per heavy atom. The van der Waals surface area contributed by atoms with E-state index in [9.17, 15) is 32.8 Å². The van der Waals surface area contributed by atoms with Crippen molar-refractivity contribution < 1.29 is 27.6 Å². The number of halogens is 3. The average Bonchev–Trinajstić information content (AvgIpc) is 3.29. The monoisotopic (exact) mass is 537 g/mol. The molecule has 1 fully saturated rings. The van der Waals surface area contributed by atoms with Crippen molar-refractivity contribution in [1.29, 1.82) is 5.26 Å². The predicted molar refractivity (Wildman–Crippen MR) is 136 cm³/mol. The second kappa shape index (κ2) is 9.85. The van der Waals surface area contributed by atoms with Gasteiger partial charge in [-0.3, -0.25) is 14.5 Å². The number of allylic oxidation sites excluding steroid dienone is 1. The van der Waals surface area contributed by atoms with Gasteiger partial charge in [-0.2, -0.15) is 18.4 Å². The van der Waals surface area contributed by atoms with Crippen molar-refractivity contribution in [1.82, 2.24) is 14.7 Å². The van der Waals surface area contributed by atoms with Crippen LogP contribution >= 0.6 is 0 Å². The third-order valence-corrected chi connectivity index (χ3v) is 7.55. The minimum absolute atomic E-state index is 0.0101. The molecule has 202 valence electrons. The third-order valence-electron chi connectivity index (χ3n) is 7.55. The zero-order valence-electron chi connectivity index (χ0n) is 21.5. The van der Waals surface area contributed by atoms with Gasteiger partial charge in [0.2, 0.25) is 0 Å². The van der Waals surface area contributed by atoms with Gasteiger partial charge in [-0.25, -0.2) is 4.79 Å². The maximum Gasteiger partial charge on any atom is 0.416 e. The summed E-state index contributed by atoms with van der Waals surface area (Å²) < 4.78 is 40.3. The Kier molecular flexibility index (Phi) is 6.68. The van der Waals surface area contributed by atoms with Crippen molar-refractivity contribution in [3.05, 3.63) is 76.0 Å². The zero-order chi connectivity index (χ0) is 28.1. The van der Waals surface area contributed by atoms with E-state index in [1.165, 1.54) is 36.2 Å². The Bertz CT molecular complexity index is 1440. The van der Waals surface area contributed by atoms with Crippen LogP contribution in [0.1, 0.15) is 45.9 Å². The molecule has 3 amide bonds. The summed E-state index contributed by atoms with van der Waals surface area (Å²) in [6, 6.07) is 9.55. The van der Waals surface area contributed by atoms with E-state index in [4.69, 9.17) is 0 Å². The number of rotatable bonds is 3. The largest absolute Gasteiger partial charge is 0.416 e. The number of urea groups is 1. The number of nitriles is 1. The molecule has 2 aromatic rings. The van der Waals surface area contributed by atoms with Gasteiger partial charge in [-0.15, -0.1) is 0 Å². The van der Waals surface area contributed by atoms with Crippen molar-refractivity contribution in [2.75, 3.05) is 45.2 Å². The topological polar surface area (TPSA) is 88.0 Å². The summed E-state index contributed by atoms with van der Waals surface area (Å²) in [6.07, 6.45) is -4.33. The lowest BCUT2D eigenvalue weighted by atomic mass is 9.88. The number of hydrogen-bond donors (Lipinski definition) is 0. The molecule has 5 rings (SSSR count). The molecule has 2 aliphatic heterocycles. The fourth-order valence-corrected chi connectivity index (χ4v) is 5.46. The molecule has 39 heavy (non-hydrogen) atoms. The van der Waals surface area contributed by atoms with Gasteiger partial charge in [0.25, 0.3) is 5.91 Å². The fraction of sp³-hybridized carbons (Fsp3) is 0.357. The predicted octanol–water partition coefficient (Wildman–Crippen LogP) is 4.19. The zero-order valence-corrected chi connectivity index (χ0v) is 21.5. The fourth-order valence-electron chi connectivity index (χ4n) is 5.46. The van der Waals surface area contributed by atoms with E-state index >= 15 is 0 Å². The molecular weight excluding hydrogens is 511 g/mol. The maximum atomic E-state index is 13.7. The van der Waals surface area contributed by atoms with Crippen molar-refractivity contribution >= 4 is 23.4 Å². The molecule has 0 radical (unpaired) electrons. The molecular formula is C28H26F3N5O3. The van der Waals surface area contributed by atoms with Crippen molar-refractivity contribution in [3.63, 3.8) is 0 Å². The van der Waals surface area contributed by atoms with Crippen LogP contribution in [0.2, 0.25) is 0 Å². The van der Waals surface area contributed by atoms with E-state index in [0.29, 0.717) is 37.4 Å². The first-order valence-corrected chi connectivity index (χ1v) is 12.5. The van der Waals surface area contributed by atoms with Gasteiger partial charge in [-0.05, 0) is 49.4 Å². The molecule has 0 unspecified atom stereocenters. The Labute approximate surface area is 223 Å². The molecule has 0 N–H and O–H groups in total. The lowest BCUT2D eigenvalue weighted by molar-refractivity contribution is -0.137. The summed E-state index contributed by atoms with van der Waals surface area (Å²) in [4.78, 5) is 46.9. The number of carbonyl (C=O) groups excluding carboxylic acids is 3. The summed E-state index contributed by atoms with van der Waals surface area (Å²) in [5.41, 5.74) is 0.592. The summed E-state index contributed by atoms with van der Waals surface area (Å²) in [6.45, 7) is 2.34. The molecule has 0 spiro atoms. The molecule has 8 nitrogen and oxygen atoms in total. The van der Waals surface area contributed by atoms with E-state index in [1.807, 2.05) is 13.1 Å². The Morgan fingerprint density at radius 3 is 2.38 bits per heavy atom. The molecule has 11 heteroatoms. The molecule has 1 saturated heterocycles. The van der Waals surface area contributed by atoms with Gasteiger partial charge in [0.1, 0.15) is 0 Å². The van der Waals surface area contributed by atoms with Crippen LogP contribution in [0.4, 0.5) is 23.7 Å². The Balaban J connectivity index is 1.63. The van der Waals surface area contributed by atoms with Crippen LogP contribution in [0.5, 0.6) is 0 Å². The van der Waals surface area contributed by atoms with Crippen LogP contribution in [-0.4, -0.2) is 72.7 Å². The van der Waals surface area contributed by atoms with Gasteiger partial charge in [-0.1, -0.05) is 12.1 Å². The number of amides is 3. The minimum atomic E-state index is -4.60. The number of anilines is 1. The van der Waals surface area contributed by atoms with Gasteiger partial charge >= 0.3 is 12.2 Å². The van der Waals surface area contributed by atoms with Crippen molar-refractivity contribution in [2.45, 2.75) is 25.1 Å². The number of Topliss-reactive ketones (excluding diaryl/α,β-unsaturated/α-hetero) is 1. The number of piperazine rings is 1. The highest BCUT2D eigenvalue weighted by molar-refractivity contribution is 6.09. The lowest BCUT2D eigenvalue weighted by Crippen LogP contribution is -2.49. The number of nitrogens with zero attached hydrogens (tertiary/aromatic N) is 5. The smallest absolute Gasteiger partial charge is 0.336 e. The van der Waals surface area contributed by atoms with Gasteiger partial charge in [0.05, 0.1) is 28.9 Å². The van der Waals surface area contributed by atoms with Crippen LogP contribution in [0, 0.1) is 11.3 Å². The van der Waals surface area contributed by atoms with E-state index < -0.39 is 23.8 Å². The SMILES string of the molecule is CN1CCN(C(=O)c2cc(C#N)ccc2[C@@H]2C3=C(CCC3=O)N(c3cccc(C(F)(F)F)c3)C(=O)N2C)CC1. The second-order valence-corrected chi connectivity index (χ2v) is 9.97. The van der Waals surface area contributed by atoms with E-state index in [1.54, 1.807) is 11.0 Å². The highest BCUT2D eigenvalue weighted by Gasteiger charge is 2.46. The highest BCUT2D eigenvalue weighted by atomic mass is 19.4. The van der Waals surface area contributed by atoms with Crippen molar-refractivity contribution in [3.8, 4) is 6.07 Å². The highest BCUT2D eigenvalue weighted by Crippen LogP contribution is 2.46. The molecule has 0 aromatic heterocycles. The van der Waals surface area contributed by atoms with E-state index in [2.05, 4.69) is 4.90 Å². The van der Waals surface area contributed by atoms with Crippen LogP contribution in [-0.2, 0) is 11.0 Å². The normalized spacial score (nSPS) is 20.4. The first-order chi connectivity index (χ1) is 18.5. The quantitative estimate of drug-likeness (QED) is 0.586. The molecule has 2 heterocycles. The Morgan fingerprint density at radius 2 is 1.72 bits per heavy atom. The number of carbonyl (C=O) groups is 3. The maximum absolute atomic E-state index is 13.7.